The van der Waals surface area contributed by atoms with Crippen molar-refractivity contribution in [3.05, 3.63) is 35.0 Å². The zero-order chi connectivity index (χ0) is 13.4. The van der Waals surface area contributed by atoms with Crippen LogP contribution in [0.15, 0.2) is 18.2 Å². The van der Waals surface area contributed by atoms with Gasteiger partial charge >= 0.3 is 5.97 Å². The van der Waals surface area contributed by atoms with Crippen molar-refractivity contribution in [3.8, 4) is 11.1 Å². The van der Waals surface area contributed by atoms with Crippen molar-refractivity contribution >= 4 is 11.8 Å². The fourth-order valence-electron chi connectivity index (χ4n) is 1.87. The summed E-state index contributed by atoms with van der Waals surface area (Å²) < 4.78 is 1.38. The Morgan fingerprint density at radius 1 is 1.33 bits per heavy atom. The first kappa shape index (κ1) is 12.2. The molecule has 5 heteroatoms. The van der Waals surface area contributed by atoms with Crippen LogP contribution in [0.5, 0.6) is 0 Å². The Balaban J connectivity index is 2.69. The molecular weight excluding hydrogens is 230 g/mol. The summed E-state index contributed by atoms with van der Waals surface area (Å²) in [6.45, 7) is 3.98. The van der Waals surface area contributed by atoms with Crippen LogP contribution in [-0.4, -0.2) is 20.9 Å². The van der Waals surface area contributed by atoms with E-state index in [2.05, 4.69) is 5.10 Å². The smallest absolute Gasteiger partial charge is 0.357 e. The van der Waals surface area contributed by atoms with E-state index < -0.39 is 5.97 Å². The van der Waals surface area contributed by atoms with Crippen LogP contribution in [0, 0.1) is 13.8 Å². The summed E-state index contributed by atoms with van der Waals surface area (Å²) in [5, 5.41) is 13.1. The van der Waals surface area contributed by atoms with E-state index in [1.54, 1.807) is 7.05 Å². The Labute approximate surface area is 105 Å². The van der Waals surface area contributed by atoms with Crippen molar-refractivity contribution in [2.45, 2.75) is 13.8 Å². The zero-order valence-corrected chi connectivity index (χ0v) is 10.6. The molecule has 2 aromatic rings. The number of carbonyl (C=O) groups is 1. The molecule has 0 aliphatic carbocycles. The molecule has 0 fully saturated rings. The van der Waals surface area contributed by atoms with Crippen molar-refractivity contribution in [2.24, 2.45) is 7.05 Å². The number of carboxylic acid groups (broad SMARTS) is 1. The van der Waals surface area contributed by atoms with Gasteiger partial charge < -0.3 is 10.8 Å². The summed E-state index contributed by atoms with van der Waals surface area (Å²) >= 11 is 0. The van der Waals surface area contributed by atoms with Gasteiger partial charge in [-0.2, -0.15) is 5.10 Å². The highest BCUT2D eigenvalue weighted by molar-refractivity contribution is 5.97. The van der Waals surface area contributed by atoms with Crippen LogP contribution in [0.3, 0.4) is 0 Å². The van der Waals surface area contributed by atoms with Gasteiger partial charge in [-0.15, -0.1) is 0 Å². The summed E-state index contributed by atoms with van der Waals surface area (Å²) in [6, 6.07) is 5.74. The van der Waals surface area contributed by atoms with Crippen LogP contribution in [0.4, 0.5) is 5.82 Å². The van der Waals surface area contributed by atoms with Gasteiger partial charge in [0.25, 0.3) is 0 Å². The Hall–Kier alpha value is -2.30. The lowest BCUT2D eigenvalue weighted by Crippen LogP contribution is -2.00. The molecule has 0 saturated heterocycles. The van der Waals surface area contributed by atoms with Crippen LogP contribution < -0.4 is 5.73 Å². The molecule has 3 N–H and O–H groups in total. The number of nitrogen functional groups attached to an aromatic ring is 1. The molecule has 2 rings (SSSR count). The van der Waals surface area contributed by atoms with Gasteiger partial charge in [0.15, 0.2) is 5.69 Å². The van der Waals surface area contributed by atoms with Crippen LogP contribution in [0.1, 0.15) is 21.6 Å². The molecule has 1 aromatic heterocycles. The highest BCUT2D eigenvalue weighted by atomic mass is 16.4. The second-order valence-electron chi connectivity index (χ2n) is 4.34. The lowest BCUT2D eigenvalue weighted by atomic mass is 10.00. The van der Waals surface area contributed by atoms with Crippen LogP contribution >= 0.6 is 0 Å². The lowest BCUT2D eigenvalue weighted by molar-refractivity contribution is 0.0690. The van der Waals surface area contributed by atoms with E-state index in [1.807, 2.05) is 32.0 Å². The molecule has 5 nitrogen and oxygen atoms in total. The number of carboxylic acids is 1. The molecule has 1 aromatic carbocycles. The van der Waals surface area contributed by atoms with Gasteiger partial charge in [-0.25, -0.2) is 4.79 Å². The van der Waals surface area contributed by atoms with Gasteiger partial charge in [0.1, 0.15) is 5.82 Å². The van der Waals surface area contributed by atoms with E-state index in [0.29, 0.717) is 11.4 Å². The summed E-state index contributed by atoms with van der Waals surface area (Å²) in [4.78, 5) is 11.2. The maximum absolute atomic E-state index is 11.2. The van der Waals surface area contributed by atoms with Crippen molar-refractivity contribution in [2.75, 3.05) is 5.73 Å². The molecule has 94 valence electrons. The second-order valence-corrected chi connectivity index (χ2v) is 4.34. The minimum absolute atomic E-state index is 0.0155. The van der Waals surface area contributed by atoms with Crippen molar-refractivity contribution in [1.29, 1.82) is 0 Å². The number of nitrogens with zero attached hydrogens (tertiary/aromatic N) is 2. The fourth-order valence-corrected chi connectivity index (χ4v) is 1.87. The van der Waals surface area contributed by atoms with E-state index in [1.165, 1.54) is 4.68 Å². The van der Waals surface area contributed by atoms with Crippen molar-refractivity contribution < 1.29 is 9.90 Å². The Kier molecular flexibility index (Phi) is 2.82. The highest BCUT2D eigenvalue weighted by Gasteiger charge is 2.21. The molecule has 0 bridgehead atoms. The number of nitrogens with two attached hydrogens (primary N) is 1. The van der Waals surface area contributed by atoms with Crippen LogP contribution in [0.2, 0.25) is 0 Å². The summed E-state index contributed by atoms with van der Waals surface area (Å²) in [6.07, 6.45) is 0. The van der Waals surface area contributed by atoms with E-state index in [4.69, 9.17) is 10.8 Å². The number of hydrogen-bond acceptors (Lipinski definition) is 3. The molecule has 0 atom stereocenters. The van der Waals surface area contributed by atoms with Gasteiger partial charge in [0.2, 0.25) is 0 Å². The molecule has 0 radical (unpaired) electrons. The number of aromatic carboxylic acids is 1. The predicted octanol–water partition coefficient (Wildman–Crippen LogP) is 1.98. The third-order valence-corrected chi connectivity index (χ3v) is 3.09. The number of aryl methyl sites for hydroxylation is 3. The highest BCUT2D eigenvalue weighted by Crippen LogP contribution is 2.30. The van der Waals surface area contributed by atoms with Crippen LogP contribution in [0.25, 0.3) is 11.1 Å². The van der Waals surface area contributed by atoms with E-state index in [9.17, 15) is 4.79 Å². The first-order valence-electron chi connectivity index (χ1n) is 5.55. The maximum atomic E-state index is 11.2. The van der Waals surface area contributed by atoms with Gasteiger partial charge in [0, 0.05) is 7.05 Å². The number of anilines is 1. The summed E-state index contributed by atoms with van der Waals surface area (Å²) in [5.74, 6) is -0.716. The molecule has 0 amide bonds. The minimum Gasteiger partial charge on any atom is -0.476 e. The van der Waals surface area contributed by atoms with E-state index in [0.717, 1.165) is 16.7 Å². The minimum atomic E-state index is -1.07. The van der Waals surface area contributed by atoms with Gasteiger partial charge in [-0.05, 0) is 30.5 Å². The largest absolute Gasteiger partial charge is 0.476 e. The van der Waals surface area contributed by atoms with Crippen molar-refractivity contribution in [1.82, 2.24) is 9.78 Å². The van der Waals surface area contributed by atoms with Gasteiger partial charge in [-0.1, -0.05) is 18.2 Å². The van der Waals surface area contributed by atoms with Gasteiger partial charge in [-0.3, -0.25) is 4.68 Å². The Bertz CT molecular complexity index is 629. The summed E-state index contributed by atoms with van der Waals surface area (Å²) in [5.41, 5.74) is 9.38. The molecule has 0 saturated carbocycles. The molecule has 0 aliphatic heterocycles. The molecule has 0 aliphatic rings. The number of rotatable bonds is 2. The van der Waals surface area contributed by atoms with E-state index >= 15 is 0 Å². The Morgan fingerprint density at radius 2 is 2.00 bits per heavy atom. The molecule has 18 heavy (non-hydrogen) atoms. The third kappa shape index (κ3) is 1.84. The predicted molar refractivity (Wildman–Crippen MR) is 69.5 cm³/mol. The molecular formula is C13H15N3O2. The average Bonchev–Trinajstić information content (AvgIpc) is 2.60. The quantitative estimate of drug-likeness (QED) is 0.847. The number of benzene rings is 1. The average molecular weight is 245 g/mol. The fraction of sp³-hybridized carbons (Fsp3) is 0.231. The molecule has 1 heterocycles. The normalized spacial score (nSPS) is 10.6. The third-order valence-electron chi connectivity index (χ3n) is 3.09. The Morgan fingerprint density at radius 3 is 2.56 bits per heavy atom. The first-order chi connectivity index (χ1) is 8.41. The van der Waals surface area contributed by atoms with Crippen LogP contribution in [-0.2, 0) is 7.05 Å². The topological polar surface area (TPSA) is 81.1 Å². The summed E-state index contributed by atoms with van der Waals surface area (Å²) in [7, 11) is 1.63. The number of aromatic nitrogens is 2. The molecule has 0 spiro atoms. The first-order valence-corrected chi connectivity index (χ1v) is 5.55. The molecule has 0 unspecified atom stereocenters. The zero-order valence-electron chi connectivity index (χ0n) is 10.6. The monoisotopic (exact) mass is 245 g/mol. The second kappa shape index (κ2) is 4.18. The van der Waals surface area contributed by atoms with Gasteiger partial charge in [0.05, 0.1) is 5.56 Å². The van der Waals surface area contributed by atoms with E-state index in [-0.39, 0.29) is 5.69 Å². The standard InChI is InChI=1S/C13H15N3O2/c1-7-4-5-9(6-8(7)2)10-11(13(17)18)15-16(3)12(10)14/h4-6H,14H2,1-3H3,(H,17,18). The number of hydrogen-bond donors (Lipinski definition) is 2. The lowest BCUT2D eigenvalue weighted by Gasteiger charge is -2.05. The SMILES string of the molecule is Cc1ccc(-c2c(C(=O)O)nn(C)c2N)cc1C. The maximum Gasteiger partial charge on any atom is 0.357 e. The van der Waals surface area contributed by atoms with Crippen molar-refractivity contribution in [3.63, 3.8) is 0 Å².